The molecule has 0 saturated carbocycles. The third-order valence-electron chi connectivity index (χ3n) is 3.86. The number of rotatable bonds is 4. The van der Waals surface area contributed by atoms with Gasteiger partial charge >= 0.3 is 0 Å². The van der Waals surface area contributed by atoms with Crippen molar-refractivity contribution in [2.45, 2.75) is 10.3 Å². The largest absolute Gasteiger partial charge is 0.154 e. The van der Waals surface area contributed by atoms with Gasteiger partial charge in [-0.1, -0.05) is 108 Å². The molecule has 0 unspecified atom stereocenters. The summed E-state index contributed by atoms with van der Waals surface area (Å²) < 4.78 is -1.10. The molecule has 0 aliphatic rings. The van der Waals surface area contributed by atoms with Crippen molar-refractivity contribution in [3.8, 4) is 0 Å². The molecule has 0 amide bonds. The molecule has 0 heterocycles. The standard InChI is InChI=1S/C20H15Cl3/c21-18-13-11-17(12-14-18)20(22,23)19(15-7-3-1-4-8-15)16-9-5-2-6-10-16/h1-14,19H. The van der Waals surface area contributed by atoms with E-state index >= 15 is 0 Å². The van der Waals surface area contributed by atoms with Crippen LogP contribution in [-0.4, -0.2) is 0 Å². The van der Waals surface area contributed by atoms with Gasteiger partial charge in [-0.25, -0.2) is 0 Å². The van der Waals surface area contributed by atoms with Crippen LogP contribution in [0.5, 0.6) is 0 Å². The fraction of sp³-hybridized carbons (Fsp3) is 0.100. The average molecular weight is 362 g/mol. The quantitative estimate of drug-likeness (QED) is 0.448. The van der Waals surface area contributed by atoms with E-state index in [1.54, 1.807) is 0 Å². The van der Waals surface area contributed by atoms with Crippen molar-refractivity contribution in [3.63, 3.8) is 0 Å². The van der Waals surface area contributed by atoms with Gasteiger partial charge in [0.15, 0.2) is 4.33 Å². The van der Waals surface area contributed by atoms with Crippen molar-refractivity contribution in [2.75, 3.05) is 0 Å². The first-order valence-corrected chi connectivity index (χ1v) is 8.46. The molecule has 3 aromatic rings. The van der Waals surface area contributed by atoms with Gasteiger partial charge in [-0.15, -0.1) is 0 Å². The van der Waals surface area contributed by atoms with Gasteiger partial charge in [0.1, 0.15) is 0 Å². The molecule has 0 nitrogen and oxygen atoms in total. The van der Waals surface area contributed by atoms with Crippen LogP contribution in [0.4, 0.5) is 0 Å². The summed E-state index contributed by atoms with van der Waals surface area (Å²) in [5.74, 6) is -0.186. The van der Waals surface area contributed by atoms with E-state index in [2.05, 4.69) is 0 Å². The first kappa shape index (κ1) is 16.4. The van der Waals surface area contributed by atoms with Gasteiger partial charge in [0, 0.05) is 10.9 Å². The van der Waals surface area contributed by atoms with Crippen LogP contribution in [0.2, 0.25) is 5.02 Å². The van der Waals surface area contributed by atoms with E-state index in [-0.39, 0.29) is 5.92 Å². The van der Waals surface area contributed by atoms with Crippen molar-refractivity contribution in [1.29, 1.82) is 0 Å². The Labute approximate surface area is 151 Å². The predicted molar refractivity (Wildman–Crippen MR) is 99.6 cm³/mol. The van der Waals surface area contributed by atoms with Crippen LogP contribution in [0.1, 0.15) is 22.6 Å². The molecule has 0 atom stereocenters. The molecule has 3 aromatic carbocycles. The highest BCUT2D eigenvalue weighted by Gasteiger charge is 2.38. The number of hydrogen-bond acceptors (Lipinski definition) is 0. The van der Waals surface area contributed by atoms with E-state index < -0.39 is 4.33 Å². The third kappa shape index (κ3) is 3.55. The van der Waals surface area contributed by atoms with Crippen molar-refractivity contribution >= 4 is 34.8 Å². The summed E-state index contributed by atoms with van der Waals surface area (Å²) in [6, 6.07) is 27.5. The highest BCUT2D eigenvalue weighted by molar-refractivity contribution is 6.48. The van der Waals surface area contributed by atoms with E-state index in [0.29, 0.717) is 5.02 Å². The Morgan fingerprint density at radius 1 is 0.609 bits per heavy atom. The summed E-state index contributed by atoms with van der Waals surface area (Å²) in [6.07, 6.45) is 0. The zero-order valence-corrected chi connectivity index (χ0v) is 14.6. The van der Waals surface area contributed by atoms with E-state index in [0.717, 1.165) is 16.7 Å². The monoisotopic (exact) mass is 360 g/mol. The molecule has 0 aromatic heterocycles. The zero-order chi connectivity index (χ0) is 16.3. The lowest BCUT2D eigenvalue weighted by molar-refractivity contribution is 0.712. The SMILES string of the molecule is Clc1ccc(C(Cl)(Cl)C(c2ccccc2)c2ccccc2)cc1. The van der Waals surface area contributed by atoms with Gasteiger partial charge in [-0.05, 0) is 28.8 Å². The van der Waals surface area contributed by atoms with Crippen molar-refractivity contribution in [3.05, 3.63) is 107 Å². The van der Waals surface area contributed by atoms with Crippen molar-refractivity contribution in [1.82, 2.24) is 0 Å². The van der Waals surface area contributed by atoms with E-state index in [9.17, 15) is 0 Å². The normalized spacial score (nSPS) is 11.7. The number of benzene rings is 3. The molecule has 23 heavy (non-hydrogen) atoms. The van der Waals surface area contributed by atoms with Crippen molar-refractivity contribution < 1.29 is 0 Å². The molecule has 0 aliphatic heterocycles. The Bertz CT molecular complexity index is 710. The summed E-state index contributed by atoms with van der Waals surface area (Å²) in [7, 11) is 0. The van der Waals surface area contributed by atoms with Crippen LogP contribution in [0.15, 0.2) is 84.9 Å². The Morgan fingerprint density at radius 2 is 1.04 bits per heavy atom. The highest BCUT2D eigenvalue weighted by Crippen LogP contribution is 2.50. The molecule has 0 aliphatic carbocycles. The van der Waals surface area contributed by atoms with Gasteiger partial charge in [-0.2, -0.15) is 0 Å². The Hall–Kier alpha value is -1.47. The summed E-state index contributed by atoms with van der Waals surface area (Å²) in [5.41, 5.74) is 2.96. The van der Waals surface area contributed by atoms with Crippen molar-refractivity contribution in [2.24, 2.45) is 0 Å². The van der Waals surface area contributed by atoms with Crippen LogP contribution in [0, 0.1) is 0 Å². The van der Waals surface area contributed by atoms with Gasteiger partial charge in [-0.3, -0.25) is 0 Å². The Balaban J connectivity index is 2.13. The molecule has 0 saturated heterocycles. The summed E-state index contributed by atoms with van der Waals surface area (Å²) >= 11 is 19.7. The molecule has 0 fully saturated rings. The minimum atomic E-state index is -1.10. The Morgan fingerprint density at radius 3 is 1.48 bits per heavy atom. The maximum Gasteiger partial charge on any atom is 0.154 e. The minimum absolute atomic E-state index is 0.186. The number of alkyl halides is 2. The van der Waals surface area contributed by atoms with Crippen LogP contribution in [0.3, 0.4) is 0 Å². The molecule has 0 radical (unpaired) electrons. The van der Waals surface area contributed by atoms with Gasteiger partial charge < -0.3 is 0 Å². The summed E-state index contributed by atoms with van der Waals surface area (Å²) in [6.45, 7) is 0. The maximum atomic E-state index is 6.87. The lowest BCUT2D eigenvalue weighted by atomic mass is 9.85. The highest BCUT2D eigenvalue weighted by atomic mass is 35.5. The third-order valence-corrected chi connectivity index (χ3v) is 4.98. The summed E-state index contributed by atoms with van der Waals surface area (Å²) in [4.78, 5) is 0. The predicted octanol–water partition coefficient (Wildman–Crippen LogP) is 6.80. The van der Waals surface area contributed by atoms with Gasteiger partial charge in [0.2, 0.25) is 0 Å². The van der Waals surface area contributed by atoms with Crippen LogP contribution < -0.4 is 0 Å². The minimum Gasteiger partial charge on any atom is -0.0952 e. The second-order valence-electron chi connectivity index (χ2n) is 5.38. The van der Waals surface area contributed by atoms with E-state index in [4.69, 9.17) is 34.8 Å². The molecular weight excluding hydrogens is 347 g/mol. The Kier molecular flexibility index (Phi) is 4.96. The molecule has 3 rings (SSSR count). The smallest absolute Gasteiger partial charge is 0.0952 e. The molecule has 116 valence electrons. The summed E-state index contributed by atoms with van der Waals surface area (Å²) in [5, 5.41) is 0.661. The molecule has 0 bridgehead atoms. The lowest BCUT2D eigenvalue weighted by Crippen LogP contribution is -2.22. The molecule has 0 N–H and O–H groups in total. The molecular formula is C20H15Cl3. The average Bonchev–Trinajstić information content (AvgIpc) is 2.57. The van der Waals surface area contributed by atoms with Gasteiger partial charge in [0.05, 0.1) is 0 Å². The van der Waals surface area contributed by atoms with E-state index in [1.807, 2.05) is 84.9 Å². The maximum absolute atomic E-state index is 6.87. The van der Waals surface area contributed by atoms with E-state index in [1.165, 1.54) is 0 Å². The van der Waals surface area contributed by atoms with Gasteiger partial charge in [0.25, 0.3) is 0 Å². The molecule has 3 heteroatoms. The number of hydrogen-bond donors (Lipinski definition) is 0. The van der Waals surface area contributed by atoms with Crippen LogP contribution in [0.25, 0.3) is 0 Å². The first-order chi connectivity index (χ1) is 11.1. The molecule has 0 spiro atoms. The lowest BCUT2D eigenvalue weighted by Gasteiger charge is -2.31. The first-order valence-electron chi connectivity index (χ1n) is 7.33. The fourth-order valence-corrected chi connectivity index (χ4v) is 3.62. The fourth-order valence-electron chi connectivity index (χ4n) is 2.74. The zero-order valence-electron chi connectivity index (χ0n) is 12.3. The second kappa shape index (κ2) is 6.97. The van der Waals surface area contributed by atoms with Crippen LogP contribution >= 0.6 is 34.8 Å². The topological polar surface area (TPSA) is 0 Å². The number of halogens is 3. The second-order valence-corrected chi connectivity index (χ2v) is 7.21. The van der Waals surface area contributed by atoms with Crippen LogP contribution in [-0.2, 0) is 4.33 Å².